The number of allylic oxidation sites excluding steroid dienone is 2. The van der Waals surface area contributed by atoms with Crippen LogP contribution in [0.15, 0.2) is 42.0 Å². The highest BCUT2D eigenvalue weighted by atomic mass is 28.4. The standard InChI is InChI=1S/C26H39F3O4Si/c1-19-13-12-16-24(5,17-19)21(18-32-34(7,8)23(2,3)4)33-22(30)25(31-6,26(27,28)29)20-14-10-9-11-15-20/h9-11,13-15,21H,12,16-18H2,1-8H3/t21-,24-,25?/m0/s1. The molecule has 1 aromatic rings. The molecule has 0 saturated carbocycles. The predicted octanol–water partition coefficient (Wildman–Crippen LogP) is 7.16. The van der Waals surface area contributed by atoms with E-state index in [0.29, 0.717) is 12.8 Å². The van der Waals surface area contributed by atoms with Crippen LogP contribution in [0.4, 0.5) is 13.2 Å². The molecule has 0 spiro atoms. The molecule has 1 unspecified atom stereocenters. The minimum Gasteiger partial charge on any atom is -0.457 e. The van der Waals surface area contributed by atoms with Gasteiger partial charge in [0.1, 0.15) is 6.10 Å². The van der Waals surface area contributed by atoms with E-state index in [-0.39, 0.29) is 17.2 Å². The lowest BCUT2D eigenvalue weighted by Crippen LogP contribution is -2.55. The molecule has 0 aliphatic heterocycles. The summed E-state index contributed by atoms with van der Waals surface area (Å²) in [5.41, 5.74) is -2.97. The predicted molar refractivity (Wildman–Crippen MR) is 130 cm³/mol. The third-order valence-corrected chi connectivity index (χ3v) is 12.0. The first kappa shape index (κ1) is 28.6. The summed E-state index contributed by atoms with van der Waals surface area (Å²) in [5.74, 6) is -1.47. The van der Waals surface area contributed by atoms with E-state index < -0.39 is 37.6 Å². The molecule has 1 aliphatic carbocycles. The van der Waals surface area contributed by atoms with Gasteiger partial charge < -0.3 is 13.9 Å². The molecule has 0 radical (unpaired) electrons. The van der Waals surface area contributed by atoms with Crippen LogP contribution in [0.3, 0.4) is 0 Å². The zero-order valence-electron chi connectivity index (χ0n) is 21.6. The van der Waals surface area contributed by atoms with E-state index in [4.69, 9.17) is 13.9 Å². The van der Waals surface area contributed by atoms with Crippen molar-refractivity contribution in [3.05, 3.63) is 47.5 Å². The first-order valence-electron chi connectivity index (χ1n) is 11.7. The van der Waals surface area contributed by atoms with Crippen molar-refractivity contribution in [1.82, 2.24) is 0 Å². The summed E-state index contributed by atoms with van der Waals surface area (Å²) in [6, 6.07) is 6.93. The molecular formula is C26H39F3O4Si. The Kier molecular flexibility index (Phi) is 8.54. The number of benzene rings is 1. The van der Waals surface area contributed by atoms with E-state index in [9.17, 15) is 18.0 Å². The second-order valence-electron chi connectivity index (χ2n) is 11.1. The van der Waals surface area contributed by atoms with Crippen molar-refractivity contribution in [3.63, 3.8) is 0 Å². The van der Waals surface area contributed by atoms with Gasteiger partial charge in [-0.2, -0.15) is 13.2 Å². The fourth-order valence-corrected chi connectivity index (χ4v) is 5.20. The molecule has 4 nitrogen and oxygen atoms in total. The van der Waals surface area contributed by atoms with Crippen molar-refractivity contribution >= 4 is 14.3 Å². The van der Waals surface area contributed by atoms with Gasteiger partial charge in [0, 0.05) is 18.1 Å². The Hall–Kier alpha value is -1.64. The fraction of sp³-hybridized carbons (Fsp3) is 0.654. The van der Waals surface area contributed by atoms with Gasteiger partial charge in [0.2, 0.25) is 0 Å². The van der Waals surface area contributed by atoms with Gasteiger partial charge in [0.05, 0.1) is 6.61 Å². The molecule has 1 aliphatic rings. The van der Waals surface area contributed by atoms with Gasteiger partial charge in [-0.1, -0.05) is 69.7 Å². The van der Waals surface area contributed by atoms with Crippen LogP contribution in [-0.4, -0.2) is 40.3 Å². The van der Waals surface area contributed by atoms with Gasteiger partial charge in [-0.15, -0.1) is 0 Å². The van der Waals surface area contributed by atoms with Crippen LogP contribution in [-0.2, 0) is 24.3 Å². The SMILES string of the molecule is COC(C(=O)O[C@@H](CO[Si](C)(C)C(C)(C)C)[C@@]1(C)CCC=C(C)C1)(c1ccccc1)C(F)(F)F. The summed E-state index contributed by atoms with van der Waals surface area (Å²) in [4.78, 5) is 13.4. The van der Waals surface area contributed by atoms with Crippen LogP contribution in [0.5, 0.6) is 0 Å². The minimum atomic E-state index is -5.02. The average Bonchev–Trinajstić information content (AvgIpc) is 2.70. The number of hydrogen-bond donors (Lipinski definition) is 0. The van der Waals surface area contributed by atoms with E-state index in [1.807, 2.05) is 13.8 Å². The molecule has 34 heavy (non-hydrogen) atoms. The largest absolute Gasteiger partial charge is 0.457 e. The van der Waals surface area contributed by atoms with Gasteiger partial charge in [0.25, 0.3) is 5.60 Å². The van der Waals surface area contributed by atoms with Crippen LogP contribution < -0.4 is 0 Å². The summed E-state index contributed by atoms with van der Waals surface area (Å²) >= 11 is 0. The lowest BCUT2D eigenvalue weighted by atomic mass is 9.72. The lowest BCUT2D eigenvalue weighted by molar-refractivity contribution is -0.280. The van der Waals surface area contributed by atoms with Crippen molar-refractivity contribution < 1.29 is 31.9 Å². The molecule has 0 fully saturated rings. The van der Waals surface area contributed by atoms with Gasteiger partial charge in [-0.3, -0.25) is 0 Å². The molecular weight excluding hydrogens is 461 g/mol. The molecule has 192 valence electrons. The first-order valence-corrected chi connectivity index (χ1v) is 14.6. The number of ether oxygens (including phenoxy) is 2. The normalized spacial score (nSPS) is 22.5. The van der Waals surface area contributed by atoms with Crippen LogP contribution in [0.2, 0.25) is 18.1 Å². The van der Waals surface area contributed by atoms with E-state index >= 15 is 0 Å². The Labute approximate surface area is 203 Å². The maximum absolute atomic E-state index is 14.4. The van der Waals surface area contributed by atoms with E-state index in [1.165, 1.54) is 24.3 Å². The third kappa shape index (κ3) is 5.77. The van der Waals surface area contributed by atoms with Crippen molar-refractivity contribution in [2.45, 2.75) is 89.9 Å². The average molecular weight is 501 g/mol. The molecule has 0 bridgehead atoms. The second-order valence-corrected chi connectivity index (χ2v) is 15.9. The molecule has 2 rings (SSSR count). The number of carbonyl (C=O) groups excluding carboxylic acids is 1. The monoisotopic (exact) mass is 500 g/mol. The molecule has 3 atom stereocenters. The number of carbonyl (C=O) groups is 1. The Balaban J connectivity index is 2.48. The minimum absolute atomic E-state index is 0.0401. The van der Waals surface area contributed by atoms with Gasteiger partial charge in [0.15, 0.2) is 8.32 Å². The molecule has 8 heteroatoms. The Morgan fingerprint density at radius 2 is 1.74 bits per heavy atom. The van der Waals surface area contributed by atoms with Crippen molar-refractivity contribution in [2.24, 2.45) is 5.41 Å². The van der Waals surface area contributed by atoms with Gasteiger partial charge >= 0.3 is 12.1 Å². The number of methoxy groups -OCH3 is 1. The maximum Gasteiger partial charge on any atom is 0.432 e. The Morgan fingerprint density at radius 3 is 2.21 bits per heavy atom. The maximum atomic E-state index is 14.4. The zero-order chi connectivity index (χ0) is 26.0. The Bertz CT molecular complexity index is 876. The molecule has 0 aromatic heterocycles. The molecule has 1 aromatic carbocycles. The van der Waals surface area contributed by atoms with Gasteiger partial charge in [-0.25, -0.2) is 4.79 Å². The summed E-state index contributed by atoms with van der Waals surface area (Å²) < 4.78 is 60.4. The number of alkyl halides is 3. The first-order chi connectivity index (χ1) is 15.5. The molecule has 0 saturated heterocycles. The Morgan fingerprint density at radius 1 is 1.15 bits per heavy atom. The van der Waals surface area contributed by atoms with E-state index in [0.717, 1.165) is 19.1 Å². The van der Waals surface area contributed by atoms with Crippen LogP contribution >= 0.6 is 0 Å². The summed E-state index contributed by atoms with van der Waals surface area (Å²) in [7, 11) is -1.36. The number of halogens is 3. The fourth-order valence-electron chi connectivity index (χ4n) is 4.20. The summed E-state index contributed by atoms with van der Waals surface area (Å²) in [6.45, 7) is 14.4. The smallest absolute Gasteiger partial charge is 0.432 e. The van der Waals surface area contributed by atoms with Crippen molar-refractivity contribution in [1.29, 1.82) is 0 Å². The lowest BCUT2D eigenvalue weighted by Gasteiger charge is -2.44. The highest BCUT2D eigenvalue weighted by Crippen LogP contribution is 2.46. The highest BCUT2D eigenvalue weighted by Gasteiger charge is 2.64. The van der Waals surface area contributed by atoms with Crippen LogP contribution in [0.25, 0.3) is 0 Å². The van der Waals surface area contributed by atoms with Crippen molar-refractivity contribution in [2.75, 3.05) is 13.7 Å². The second kappa shape index (κ2) is 10.2. The molecule has 0 amide bonds. The number of esters is 1. The zero-order valence-corrected chi connectivity index (χ0v) is 22.6. The third-order valence-electron chi connectivity index (χ3n) is 7.49. The highest BCUT2D eigenvalue weighted by molar-refractivity contribution is 6.74. The van der Waals surface area contributed by atoms with E-state index in [1.54, 1.807) is 6.07 Å². The quantitative estimate of drug-likeness (QED) is 0.216. The summed E-state index contributed by atoms with van der Waals surface area (Å²) in [5, 5.41) is -0.100. The van der Waals surface area contributed by atoms with Crippen LogP contribution in [0, 0.1) is 5.41 Å². The number of hydrogen-bond acceptors (Lipinski definition) is 4. The van der Waals surface area contributed by atoms with Gasteiger partial charge in [-0.05, 0) is 44.3 Å². The van der Waals surface area contributed by atoms with Crippen LogP contribution in [0.1, 0.15) is 59.4 Å². The topological polar surface area (TPSA) is 44.8 Å². The number of rotatable bonds is 8. The summed E-state index contributed by atoms with van der Waals surface area (Å²) in [6.07, 6.45) is -1.70. The van der Waals surface area contributed by atoms with E-state index in [2.05, 4.69) is 39.9 Å². The molecule has 0 N–H and O–H groups in total. The molecule has 0 heterocycles. The van der Waals surface area contributed by atoms with Crippen molar-refractivity contribution in [3.8, 4) is 0 Å².